The molecule has 1 fully saturated rings. The Morgan fingerprint density at radius 3 is 2.38 bits per heavy atom. The Morgan fingerprint density at radius 1 is 1.03 bits per heavy atom. The van der Waals surface area contributed by atoms with Gasteiger partial charge in [-0.2, -0.15) is 5.10 Å². The van der Waals surface area contributed by atoms with Gasteiger partial charge in [0, 0.05) is 44.5 Å². The van der Waals surface area contributed by atoms with Crippen LogP contribution in [0, 0.1) is 12.7 Å². The third kappa shape index (κ3) is 5.26. The third-order valence-corrected chi connectivity index (χ3v) is 5.79. The molecular formula is C25H27FN4O4. The van der Waals surface area contributed by atoms with Gasteiger partial charge in [0.1, 0.15) is 29.6 Å². The summed E-state index contributed by atoms with van der Waals surface area (Å²) in [5.41, 5.74) is -0.0281. The Kier molecular flexibility index (Phi) is 7.22. The zero-order valence-electron chi connectivity index (χ0n) is 19.2. The molecule has 0 aliphatic carbocycles. The van der Waals surface area contributed by atoms with Gasteiger partial charge < -0.3 is 14.4 Å². The van der Waals surface area contributed by atoms with Crippen molar-refractivity contribution in [2.45, 2.75) is 6.92 Å². The Bertz CT molecular complexity index is 1200. The molecule has 9 heteroatoms. The average Bonchev–Trinajstić information content (AvgIpc) is 2.85. The van der Waals surface area contributed by atoms with Gasteiger partial charge in [-0.15, -0.1) is 0 Å². The lowest BCUT2D eigenvalue weighted by molar-refractivity contribution is 0.0611. The van der Waals surface area contributed by atoms with E-state index in [4.69, 9.17) is 9.47 Å². The number of piperazine rings is 1. The van der Waals surface area contributed by atoms with E-state index in [1.165, 1.54) is 16.8 Å². The molecule has 0 radical (unpaired) electrons. The van der Waals surface area contributed by atoms with E-state index in [1.54, 1.807) is 37.1 Å². The summed E-state index contributed by atoms with van der Waals surface area (Å²) < 4.78 is 26.5. The number of carbonyl (C=O) groups is 1. The first-order chi connectivity index (χ1) is 16.5. The number of ether oxygens (including phenoxy) is 2. The second-order valence-corrected chi connectivity index (χ2v) is 8.02. The van der Waals surface area contributed by atoms with Crippen molar-refractivity contribution in [3.63, 3.8) is 0 Å². The van der Waals surface area contributed by atoms with Crippen molar-refractivity contribution in [2.24, 2.45) is 0 Å². The fourth-order valence-electron chi connectivity index (χ4n) is 3.85. The van der Waals surface area contributed by atoms with Crippen LogP contribution in [0.2, 0.25) is 0 Å². The van der Waals surface area contributed by atoms with Crippen molar-refractivity contribution < 1.29 is 18.7 Å². The first-order valence-corrected chi connectivity index (χ1v) is 11.1. The van der Waals surface area contributed by atoms with E-state index < -0.39 is 17.2 Å². The molecule has 8 nitrogen and oxygen atoms in total. The maximum atomic E-state index is 14.3. The van der Waals surface area contributed by atoms with Crippen molar-refractivity contribution >= 4 is 5.91 Å². The number of nitrogens with zero attached hydrogens (tertiary/aromatic N) is 4. The molecule has 2 aromatic carbocycles. The number of amides is 1. The van der Waals surface area contributed by atoms with E-state index in [1.807, 2.05) is 24.3 Å². The minimum absolute atomic E-state index is 0.190. The smallest absolute Gasteiger partial charge is 0.278 e. The number of carbonyl (C=O) groups excluding carboxylic acids is 1. The SMILES string of the molecule is COc1ccc(OCCN2CCN(C(=O)c3nn(-c4ccccc4F)c(C)cc3=O)CC2)cc1. The molecule has 0 spiro atoms. The summed E-state index contributed by atoms with van der Waals surface area (Å²) in [7, 11) is 1.62. The predicted octanol–water partition coefficient (Wildman–Crippen LogP) is 2.53. The first kappa shape index (κ1) is 23.4. The van der Waals surface area contributed by atoms with E-state index in [2.05, 4.69) is 10.00 Å². The number of hydrogen-bond donors (Lipinski definition) is 0. The lowest BCUT2D eigenvalue weighted by atomic mass is 10.2. The molecule has 2 heterocycles. The molecular weight excluding hydrogens is 439 g/mol. The molecule has 1 aliphatic heterocycles. The highest BCUT2D eigenvalue weighted by Crippen LogP contribution is 2.17. The van der Waals surface area contributed by atoms with Crippen molar-refractivity contribution in [1.82, 2.24) is 19.6 Å². The van der Waals surface area contributed by atoms with E-state index >= 15 is 0 Å². The van der Waals surface area contributed by atoms with Crippen LogP contribution >= 0.6 is 0 Å². The highest BCUT2D eigenvalue weighted by Gasteiger charge is 2.26. The Balaban J connectivity index is 1.35. The molecule has 3 aromatic rings. The highest BCUT2D eigenvalue weighted by atomic mass is 19.1. The van der Waals surface area contributed by atoms with Crippen LogP contribution in [0.4, 0.5) is 4.39 Å². The second-order valence-electron chi connectivity index (χ2n) is 8.02. The average molecular weight is 467 g/mol. The van der Waals surface area contributed by atoms with E-state index in [9.17, 15) is 14.0 Å². The largest absolute Gasteiger partial charge is 0.497 e. The van der Waals surface area contributed by atoms with Crippen molar-refractivity contribution in [3.05, 3.63) is 82.0 Å². The van der Waals surface area contributed by atoms with Gasteiger partial charge in [-0.3, -0.25) is 14.5 Å². The van der Waals surface area contributed by atoms with Gasteiger partial charge >= 0.3 is 0 Å². The molecule has 0 N–H and O–H groups in total. The molecule has 4 rings (SSSR count). The summed E-state index contributed by atoms with van der Waals surface area (Å²) in [6, 6.07) is 14.9. The topological polar surface area (TPSA) is 76.9 Å². The monoisotopic (exact) mass is 466 g/mol. The summed E-state index contributed by atoms with van der Waals surface area (Å²) in [5.74, 6) is 0.623. The fraction of sp³-hybridized carbons (Fsp3) is 0.320. The number of aryl methyl sites for hydroxylation is 1. The third-order valence-electron chi connectivity index (χ3n) is 5.79. The maximum absolute atomic E-state index is 14.3. The number of rotatable bonds is 7. The van der Waals surface area contributed by atoms with Crippen LogP contribution in [0.1, 0.15) is 16.2 Å². The number of hydrogen-bond acceptors (Lipinski definition) is 6. The maximum Gasteiger partial charge on any atom is 0.278 e. The van der Waals surface area contributed by atoms with Crippen LogP contribution in [-0.4, -0.2) is 71.9 Å². The van der Waals surface area contributed by atoms with Gasteiger partial charge in [0.2, 0.25) is 5.43 Å². The molecule has 1 aromatic heterocycles. The van der Waals surface area contributed by atoms with Gasteiger partial charge in [-0.05, 0) is 43.3 Å². The number of para-hydroxylation sites is 1. The minimum Gasteiger partial charge on any atom is -0.497 e. The van der Waals surface area contributed by atoms with Gasteiger partial charge in [-0.25, -0.2) is 9.07 Å². The van der Waals surface area contributed by atoms with Crippen molar-refractivity contribution in [2.75, 3.05) is 46.4 Å². The van der Waals surface area contributed by atoms with Crippen LogP contribution in [0.5, 0.6) is 11.5 Å². The zero-order valence-corrected chi connectivity index (χ0v) is 19.2. The summed E-state index contributed by atoms with van der Waals surface area (Å²) in [6.07, 6.45) is 0. The van der Waals surface area contributed by atoms with Crippen LogP contribution in [-0.2, 0) is 0 Å². The Morgan fingerprint density at radius 2 is 1.71 bits per heavy atom. The van der Waals surface area contributed by atoms with Crippen LogP contribution in [0.25, 0.3) is 5.69 Å². The Labute approximate surface area is 197 Å². The minimum atomic E-state index is -0.481. The Hall–Kier alpha value is -3.72. The van der Waals surface area contributed by atoms with Gasteiger partial charge in [-0.1, -0.05) is 12.1 Å². The number of benzene rings is 2. The lowest BCUT2D eigenvalue weighted by Crippen LogP contribution is -2.50. The number of methoxy groups -OCH3 is 1. The van der Waals surface area contributed by atoms with E-state index in [-0.39, 0.29) is 11.4 Å². The normalized spacial score (nSPS) is 14.1. The molecule has 0 unspecified atom stereocenters. The predicted molar refractivity (Wildman–Crippen MR) is 125 cm³/mol. The van der Waals surface area contributed by atoms with E-state index in [0.717, 1.165) is 18.0 Å². The zero-order chi connectivity index (χ0) is 24.1. The van der Waals surface area contributed by atoms with Gasteiger partial charge in [0.25, 0.3) is 5.91 Å². The molecule has 34 heavy (non-hydrogen) atoms. The fourth-order valence-corrected chi connectivity index (χ4v) is 3.85. The number of aromatic nitrogens is 2. The lowest BCUT2D eigenvalue weighted by Gasteiger charge is -2.34. The molecule has 1 amide bonds. The quantitative estimate of drug-likeness (QED) is 0.533. The highest BCUT2D eigenvalue weighted by molar-refractivity contribution is 5.92. The first-order valence-electron chi connectivity index (χ1n) is 11.1. The summed E-state index contributed by atoms with van der Waals surface area (Å²) in [4.78, 5) is 29.4. The van der Waals surface area contributed by atoms with E-state index in [0.29, 0.717) is 38.5 Å². The molecule has 0 saturated carbocycles. The molecule has 0 bridgehead atoms. The molecule has 1 saturated heterocycles. The van der Waals surface area contributed by atoms with Crippen molar-refractivity contribution in [1.29, 1.82) is 0 Å². The van der Waals surface area contributed by atoms with Crippen LogP contribution < -0.4 is 14.9 Å². The number of halogens is 1. The summed E-state index contributed by atoms with van der Waals surface area (Å²) in [6.45, 7) is 5.15. The standard InChI is InChI=1S/C25H27FN4O4/c1-18-17-23(31)24(27-30(18)22-6-4-3-5-21(22)26)25(32)29-13-11-28(12-14-29)15-16-34-20-9-7-19(33-2)8-10-20/h3-10,17H,11-16H2,1-2H3. The molecule has 0 atom stereocenters. The second kappa shape index (κ2) is 10.5. The molecule has 1 aliphatic rings. The van der Waals surface area contributed by atoms with Crippen LogP contribution in [0.15, 0.2) is 59.4 Å². The van der Waals surface area contributed by atoms with Gasteiger partial charge in [0.15, 0.2) is 5.69 Å². The van der Waals surface area contributed by atoms with Crippen LogP contribution in [0.3, 0.4) is 0 Å². The van der Waals surface area contributed by atoms with Crippen molar-refractivity contribution in [3.8, 4) is 17.2 Å². The summed E-state index contributed by atoms with van der Waals surface area (Å²) in [5, 5.41) is 4.22. The summed E-state index contributed by atoms with van der Waals surface area (Å²) >= 11 is 0. The van der Waals surface area contributed by atoms with Gasteiger partial charge in [0.05, 0.1) is 7.11 Å². The molecule has 178 valence electrons.